The second-order valence-electron chi connectivity index (χ2n) is 7.08. The fraction of sp³-hybridized carbons (Fsp3) is 0.938. The van der Waals surface area contributed by atoms with Crippen LogP contribution in [0.5, 0.6) is 0 Å². The predicted molar refractivity (Wildman–Crippen MR) is 87.1 cm³/mol. The van der Waals surface area contributed by atoms with Gasteiger partial charge in [0.15, 0.2) is 4.93 Å². The summed E-state index contributed by atoms with van der Waals surface area (Å²) in [6, 6.07) is 0. The van der Waals surface area contributed by atoms with E-state index in [1.165, 1.54) is 32.1 Å². The van der Waals surface area contributed by atoms with Crippen molar-refractivity contribution in [2.45, 2.75) is 86.4 Å². The van der Waals surface area contributed by atoms with Gasteiger partial charge in [-0.15, -0.1) is 23.5 Å². The van der Waals surface area contributed by atoms with Gasteiger partial charge in [-0.25, -0.2) is 0 Å². The Balaban J connectivity index is 1.77. The lowest BCUT2D eigenvalue weighted by Crippen LogP contribution is -2.47. The molecule has 1 aliphatic heterocycles. The summed E-state index contributed by atoms with van der Waals surface area (Å²) in [4.78, 5) is 12.3. The maximum Gasteiger partial charge on any atom is 0.312 e. The van der Waals surface area contributed by atoms with E-state index in [0.717, 1.165) is 18.1 Å². The molecule has 1 saturated heterocycles. The summed E-state index contributed by atoms with van der Waals surface area (Å²) >= 11 is 4.14. The van der Waals surface area contributed by atoms with Crippen molar-refractivity contribution >= 4 is 29.5 Å². The molecule has 4 atom stereocenters. The number of hydrogen-bond acceptors (Lipinski definition) is 4. The minimum absolute atomic E-state index is 0.0106. The topological polar surface area (TPSA) is 26.3 Å². The van der Waals surface area contributed by atoms with Gasteiger partial charge >= 0.3 is 5.97 Å². The van der Waals surface area contributed by atoms with E-state index in [2.05, 4.69) is 18.7 Å². The summed E-state index contributed by atoms with van der Waals surface area (Å²) < 4.78 is 6.17. The SMILES string of the molecule is CCC(C)(C)C(=O)OC12CCCC1SC1CCCC1S2. The van der Waals surface area contributed by atoms with Gasteiger partial charge in [-0.1, -0.05) is 13.3 Å². The Morgan fingerprint density at radius 3 is 2.75 bits per heavy atom. The molecule has 0 bridgehead atoms. The van der Waals surface area contributed by atoms with Crippen molar-refractivity contribution in [3.05, 3.63) is 0 Å². The molecule has 4 heteroatoms. The molecule has 20 heavy (non-hydrogen) atoms. The van der Waals surface area contributed by atoms with E-state index in [4.69, 9.17) is 4.74 Å². The molecular weight excluding hydrogens is 288 g/mol. The van der Waals surface area contributed by atoms with Crippen LogP contribution in [0.25, 0.3) is 0 Å². The maximum atomic E-state index is 12.5. The zero-order chi connectivity index (χ0) is 14.4. The molecule has 0 radical (unpaired) electrons. The molecule has 2 aliphatic carbocycles. The Bertz CT molecular complexity index is 396. The Morgan fingerprint density at radius 1 is 1.25 bits per heavy atom. The van der Waals surface area contributed by atoms with E-state index < -0.39 is 0 Å². The lowest BCUT2D eigenvalue weighted by molar-refractivity contribution is -0.161. The Labute approximate surface area is 131 Å². The smallest absolute Gasteiger partial charge is 0.312 e. The monoisotopic (exact) mass is 314 g/mol. The minimum atomic E-state index is -0.348. The van der Waals surface area contributed by atoms with E-state index in [1.54, 1.807) is 0 Å². The predicted octanol–water partition coefficient (Wildman–Crippen LogP) is 4.62. The fourth-order valence-corrected chi connectivity index (χ4v) is 7.60. The molecule has 1 heterocycles. The quantitative estimate of drug-likeness (QED) is 0.710. The summed E-state index contributed by atoms with van der Waals surface area (Å²) in [5, 5.41) is 2.06. The third-order valence-corrected chi connectivity index (χ3v) is 9.28. The molecule has 3 rings (SSSR count). The third-order valence-electron chi connectivity index (χ3n) is 5.27. The third kappa shape index (κ3) is 2.51. The number of rotatable bonds is 3. The van der Waals surface area contributed by atoms with Gasteiger partial charge < -0.3 is 4.74 Å². The summed E-state index contributed by atoms with van der Waals surface area (Å²) in [6.45, 7) is 6.09. The van der Waals surface area contributed by atoms with Crippen molar-refractivity contribution in [3.63, 3.8) is 0 Å². The average Bonchev–Trinajstić information content (AvgIpc) is 3.00. The molecule has 3 fully saturated rings. The van der Waals surface area contributed by atoms with Crippen LogP contribution in [0.3, 0.4) is 0 Å². The van der Waals surface area contributed by atoms with Gasteiger partial charge in [-0.2, -0.15) is 0 Å². The first kappa shape index (κ1) is 15.1. The van der Waals surface area contributed by atoms with Gasteiger partial charge in [-0.05, 0) is 52.4 Å². The summed E-state index contributed by atoms with van der Waals surface area (Å²) in [6.07, 6.45) is 8.37. The normalized spacial score (nSPS) is 40.2. The molecule has 0 spiro atoms. The number of esters is 1. The van der Waals surface area contributed by atoms with Crippen LogP contribution < -0.4 is 0 Å². The van der Waals surface area contributed by atoms with Crippen LogP contribution in [-0.2, 0) is 9.53 Å². The van der Waals surface area contributed by atoms with Crippen LogP contribution in [0, 0.1) is 5.41 Å². The Morgan fingerprint density at radius 2 is 2.00 bits per heavy atom. The number of thioether (sulfide) groups is 2. The zero-order valence-electron chi connectivity index (χ0n) is 12.8. The van der Waals surface area contributed by atoms with Crippen molar-refractivity contribution in [3.8, 4) is 0 Å². The molecule has 0 aromatic heterocycles. The van der Waals surface area contributed by atoms with Crippen molar-refractivity contribution in [2.75, 3.05) is 0 Å². The van der Waals surface area contributed by atoms with Gasteiger partial charge in [0.25, 0.3) is 0 Å². The molecule has 3 aliphatic rings. The maximum absolute atomic E-state index is 12.5. The molecule has 4 unspecified atom stereocenters. The fourth-order valence-electron chi connectivity index (χ4n) is 3.45. The lowest BCUT2D eigenvalue weighted by atomic mass is 9.90. The molecular formula is C16H26O2S2. The van der Waals surface area contributed by atoms with E-state index in [0.29, 0.717) is 10.5 Å². The zero-order valence-corrected chi connectivity index (χ0v) is 14.4. The van der Waals surface area contributed by atoms with Gasteiger partial charge in [0.1, 0.15) is 0 Å². The molecule has 0 N–H and O–H groups in total. The van der Waals surface area contributed by atoms with Crippen molar-refractivity contribution < 1.29 is 9.53 Å². The average molecular weight is 315 g/mol. The first-order chi connectivity index (χ1) is 9.47. The molecule has 0 amide bonds. The van der Waals surface area contributed by atoms with Crippen LogP contribution in [0.1, 0.15) is 65.7 Å². The summed E-state index contributed by atoms with van der Waals surface area (Å²) in [5.74, 6) is 0.0106. The molecule has 2 saturated carbocycles. The van der Waals surface area contributed by atoms with Crippen molar-refractivity contribution in [1.29, 1.82) is 0 Å². The van der Waals surface area contributed by atoms with E-state index in [-0.39, 0.29) is 16.3 Å². The largest absolute Gasteiger partial charge is 0.446 e. The highest BCUT2D eigenvalue weighted by molar-refractivity contribution is 8.08. The Hall–Kier alpha value is 0.170. The number of ether oxygens (including phenoxy) is 1. The number of fused-ring (bicyclic) bond motifs is 2. The van der Waals surface area contributed by atoms with Gasteiger partial charge in [-0.3, -0.25) is 4.79 Å². The van der Waals surface area contributed by atoms with Crippen LogP contribution >= 0.6 is 23.5 Å². The minimum Gasteiger partial charge on any atom is -0.446 e. The standard InChI is InChI=1S/C16H26O2S2/c1-4-15(2,3)14(17)18-16-10-6-9-13(16)19-11-7-5-8-12(11)20-16/h11-13H,4-10H2,1-3H3. The van der Waals surface area contributed by atoms with Gasteiger partial charge in [0.05, 0.1) is 10.7 Å². The van der Waals surface area contributed by atoms with E-state index in [9.17, 15) is 4.79 Å². The van der Waals surface area contributed by atoms with Crippen molar-refractivity contribution in [1.82, 2.24) is 0 Å². The molecule has 0 aromatic carbocycles. The molecule has 114 valence electrons. The van der Waals surface area contributed by atoms with Crippen LogP contribution in [0.15, 0.2) is 0 Å². The summed E-state index contributed by atoms with van der Waals surface area (Å²) in [5.41, 5.74) is -0.348. The first-order valence-electron chi connectivity index (χ1n) is 8.03. The first-order valence-corrected chi connectivity index (χ1v) is 9.86. The van der Waals surface area contributed by atoms with Gasteiger partial charge in [0.2, 0.25) is 0 Å². The highest BCUT2D eigenvalue weighted by atomic mass is 32.2. The lowest BCUT2D eigenvalue weighted by Gasteiger charge is -2.44. The van der Waals surface area contributed by atoms with Crippen molar-refractivity contribution in [2.24, 2.45) is 5.41 Å². The Kier molecular flexibility index (Phi) is 4.09. The highest BCUT2D eigenvalue weighted by Gasteiger charge is 2.55. The number of carbonyl (C=O) groups excluding carboxylic acids is 1. The second kappa shape index (κ2) is 5.42. The number of carbonyl (C=O) groups is 1. The van der Waals surface area contributed by atoms with E-state index in [1.807, 2.05) is 25.6 Å². The van der Waals surface area contributed by atoms with Crippen LogP contribution in [0.4, 0.5) is 0 Å². The molecule has 2 nitrogen and oxygen atoms in total. The highest BCUT2D eigenvalue weighted by Crippen LogP contribution is 2.60. The summed E-state index contributed by atoms with van der Waals surface area (Å²) in [7, 11) is 0. The number of hydrogen-bond donors (Lipinski definition) is 0. The van der Waals surface area contributed by atoms with E-state index >= 15 is 0 Å². The van der Waals surface area contributed by atoms with Gasteiger partial charge in [0, 0.05) is 10.5 Å². The van der Waals surface area contributed by atoms with Crippen LogP contribution in [0.2, 0.25) is 0 Å². The second-order valence-corrected chi connectivity index (χ2v) is 10.1. The van der Waals surface area contributed by atoms with Crippen LogP contribution in [-0.4, -0.2) is 26.7 Å². The molecule has 0 aromatic rings.